The van der Waals surface area contributed by atoms with Crippen LogP contribution in [-0.4, -0.2) is 16.8 Å². The second-order valence-electron chi connectivity index (χ2n) is 4.31. The number of rotatable bonds is 6. The molecule has 0 aliphatic rings. The largest absolute Gasteiger partial charge is 0.476 e. The molecule has 1 N–H and O–H groups in total. The van der Waals surface area contributed by atoms with Gasteiger partial charge < -0.3 is 4.74 Å². The van der Waals surface area contributed by atoms with Gasteiger partial charge in [-0.3, -0.25) is 4.79 Å². The molecular formula is C14H18N2O2. The minimum atomic E-state index is -0.177. The molecule has 0 amide bonds. The van der Waals surface area contributed by atoms with Gasteiger partial charge in [-0.1, -0.05) is 38.3 Å². The summed E-state index contributed by atoms with van der Waals surface area (Å²) in [5.74, 6) is 0.515. The minimum Gasteiger partial charge on any atom is -0.476 e. The molecule has 96 valence electrons. The zero-order valence-corrected chi connectivity index (χ0v) is 10.6. The number of hydrogen-bond donors (Lipinski definition) is 1. The van der Waals surface area contributed by atoms with Gasteiger partial charge in [0.2, 0.25) is 5.88 Å². The molecule has 0 saturated carbocycles. The third-order valence-corrected chi connectivity index (χ3v) is 2.90. The fourth-order valence-electron chi connectivity index (χ4n) is 1.90. The van der Waals surface area contributed by atoms with Crippen LogP contribution in [0.3, 0.4) is 0 Å². The van der Waals surface area contributed by atoms with Crippen LogP contribution in [0.25, 0.3) is 10.8 Å². The smallest absolute Gasteiger partial charge is 0.272 e. The number of fused-ring (bicyclic) bond motifs is 1. The summed E-state index contributed by atoms with van der Waals surface area (Å²) >= 11 is 0. The van der Waals surface area contributed by atoms with Crippen molar-refractivity contribution in [2.45, 2.75) is 32.6 Å². The number of H-pyrrole nitrogens is 1. The van der Waals surface area contributed by atoms with E-state index in [1.54, 1.807) is 6.07 Å². The van der Waals surface area contributed by atoms with Crippen molar-refractivity contribution in [3.8, 4) is 5.88 Å². The van der Waals surface area contributed by atoms with Gasteiger partial charge in [0, 0.05) is 0 Å². The first kappa shape index (κ1) is 12.6. The molecule has 2 rings (SSSR count). The number of hydrogen-bond acceptors (Lipinski definition) is 3. The van der Waals surface area contributed by atoms with Gasteiger partial charge in [0.05, 0.1) is 17.4 Å². The SMILES string of the molecule is CCCCCCOc1n[nH]c(=O)c2ccccc12. The first-order valence-electron chi connectivity index (χ1n) is 6.43. The first-order chi connectivity index (χ1) is 8.83. The molecule has 0 bridgehead atoms. The third kappa shape index (κ3) is 2.88. The van der Waals surface area contributed by atoms with E-state index in [0.29, 0.717) is 17.9 Å². The van der Waals surface area contributed by atoms with E-state index in [9.17, 15) is 4.79 Å². The number of nitrogens with zero attached hydrogens (tertiary/aromatic N) is 1. The van der Waals surface area contributed by atoms with Crippen molar-refractivity contribution in [2.24, 2.45) is 0 Å². The number of unbranched alkanes of at least 4 members (excludes halogenated alkanes) is 3. The average molecular weight is 246 g/mol. The van der Waals surface area contributed by atoms with Crippen LogP contribution in [0, 0.1) is 0 Å². The molecule has 0 aliphatic heterocycles. The summed E-state index contributed by atoms with van der Waals surface area (Å²) in [7, 11) is 0. The Morgan fingerprint density at radius 3 is 2.72 bits per heavy atom. The van der Waals surface area contributed by atoms with Gasteiger partial charge >= 0.3 is 0 Å². The Hall–Kier alpha value is -1.84. The molecule has 0 aliphatic carbocycles. The van der Waals surface area contributed by atoms with Gasteiger partial charge in [-0.25, -0.2) is 5.10 Å². The number of nitrogens with one attached hydrogen (secondary N) is 1. The predicted molar refractivity (Wildman–Crippen MR) is 72.0 cm³/mol. The Labute approximate surface area is 106 Å². The van der Waals surface area contributed by atoms with Crippen molar-refractivity contribution in [3.05, 3.63) is 34.6 Å². The van der Waals surface area contributed by atoms with Crippen molar-refractivity contribution >= 4 is 10.8 Å². The first-order valence-corrected chi connectivity index (χ1v) is 6.43. The summed E-state index contributed by atoms with van der Waals surface area (Å²) in [6.07, 6.45) is 4.61. The van der Waals surface area contributed by atoms with E-state index in [1.807, 2.05) is 18.2 Å². The van der Waals surface area contributed by atoms with Crippen molar-refractivity contribution in [1.82, 2.24) is 10.2 Å². The Morgan fingerprint density at radius 1 is 1.17 bits per heavy atom. The van der Waals surface area contributed by atoms with Crippen LogP contribution in [0.15, 0.2) is 29.1 Å². The van der Waals surface area contributed by atoms with Gasteiger partial charge in [0.1, 0.15) is 0 Å². The molecule has 18 heavy (non-hydrogen) atoms. The van der Waals surface area contributed by atoms with E-state index >= 15 is 0 Å². The molecule has 1 aromatic carbocycles. The van der Waals surface area contributed by atoms with Gasteiger partial charge in [-0.15, -0.1) is 5.10 Å². The lowest BCUT2D eigenvalue weighted by Gasteiger charge is -2.07. The van der Waals surface area contributed by atoms with Crippen LogP contribution in [0.4, 0.5) is 0 Å². The highest BCUT2D eigenvalue weighted by molar-refractivity contribution is 5.85. The number of ether oxygens (including phenoxy) is 1. The van der Waals surface area contributed by atoms with E-state index in [0.717, 1.165) is 18.2 Å². The molecule has 0 unspecified atom stereocenters. The summed E-state index contributed by atoms with van der Waals surface area (Å²) in [4.78, 5) is 11.6. The Bertz CT molecular complexity index is 563. The average Bonchev–Trinajstić information content (AvgIpc) is 2.41. The molecule has 0 atom stereocenters. The molecular weight excluding hydrogens is 228 g/mol. The molecule has 4 heteroatoms. The summed E-state index contributed by atoms with van der Waals surface area (Å²) in [5, 5.41) is 7.83. The molecule has 1 heterocycles. The summed E-state index contributed by atoms with van der Waals surface area (Å²) < 4.78 is 5.64. The third-order valence-electron chi connectivity index (χ3n) is 2.90. The highest BCUT2D eigenvalue weighted by Crippen LogP contribution is 2.19. The van der Waals surface area contributed by atoms with Crippen LogP contribution < -0.4 is 10.3 Å². The monoisotopic (exact) mass is 246 g/mol. The van der Waals surface area contributed by atoms with Gasteiger partial charge in [0.15, 0.2) is 0 Å². The zero-order chi connectivity index (χ0) is 12.8. The van der Waals surface area contributed by atoms with Gasteiger partial charge in [0.25, 0.3) is 5.56 Å². The highest BCUT2D eigenvalue weighted by atomic mass is 16.5. The van der Waals surface area contributed by atoms with Crippen molar-refractivity contribution < 1.29 is 4.74 Å². The van der Waals surface area contributed by atoms with E-state index < -0.39 is 0 Å². The molecule has 0 radical (unpaired) electrons. The Kier molecular flexibility index (Phi) is 4.34. The molecule has 4 nitrogen and oxygen atoms in total. The van der Waals surface area contributed by atoms with Crippen LogP contribution in [0.2, 0.25) is 0 Å². The number of aromatic nitrogens is 2. The minimum absolute atomic E-state index is 0.177. The molecule has 1 aromatic heterocycles. The number of benzene rings is 1. The fourth-order valence-corrected chi connectivity index (χ4v) is 1.90. The van der Waals surface area contributed by atoms with Gasteiger partial charge in [-0.2, -0.15) is 0 Å². The van der Waals surface area contributed by atoms with E-state index in [-0.39, 0.29) is 5.56 Å². The van der Waals surface area contributed by atoms with E-state index in [2.05, 4.69) is 17.1 Å². The molecule has 0 spiro atoms. The maximum absolute atomic E-state index is 11.6. The fraction of sp³-hybridized carbons (Fsp3) is 0.429. The van der Waals surface area contributed by atoms with Crippen molar-refractivity contribution in [3.63, 3.8) is 0 Å². The molecule has 0 fully saturated rings. The van der Waals surface area contributed by atoms with E-state index in [1.165, 1.54) is 12.8 Å². The second kappa shape index (κ2) is 6.19. The normalized spacial score (nSPS) is 10.7. The topological polar surface area (TPSA) is 55.0 Å². The van der Waals surface area contributed by atoms with E-state index in [4.69, 9.17) is 4.74 Å². The van der Waals surface area contributed by atoms with Crippen molar-refractivity contribution in [1.29, 1.82) is 0 Å². The van der Waals surface area contributed by atoms with Crippen LogP contribution >= 0.6 is 0 Å². The summed E-state index contributed by atoms with van der Waals surface area (Å²) in [5.41, 5.74) is -0.177. The van der Waals surface area contributed by atoms with Crippen LogP contribution in [0.1, 0.15) is 32.6 Å². The maximum Gasteiger partial charge on any atom is 0.272 e. The zero-order valence-electron chi connectivity index (χ0n) is 10.6. The lowest BCUT2D eigenvalue weighted by molar-refractivity contribution is 0.294. The molecule has 2 aromatic rings. The second-order valence-corrected chi connectivity index (χ2v) is 4.31. The number of aromatic amines is 1. The van der Waals surface area contributed by atoms with Crippen LogP contribution in [-0.2, 0) is 0 Å². The van der Waals surface area contributed by atoms with Crippen LogP contribution in [0.5, 0.6) is 5.88 Å². The predicted octanol–water partition coefficient (Wildman–Crippen LogP) is 2.88. The van der Waals surface area contributed by atoms with Crippen molar-refractivity contribution in [2.75, 3.05) is 6.61 Å². The summed E-state index contributed by atoms with van der Waals surface area (Å²) in [6.45, 7) is 2.82. The lowest BCUT2D eigenvalue weighted by atomic mass is 10.2. The lowest BCUT2D eigenvalue weighted by Crippen LogP contribution is -2.10. The van der Waals surface area contributed by atoms with Gasteiger partial charge in [-0.05, 0) is 18.6 Å². The summed E-state index contributed by atoms with van der Waals surface area (Å²) in [6, 6.07) is 7.36. The molecule has 0 saturated heterocycles. The Morgan fingerprint density at radius 2 is 1.94 bits per heavy atom. The highest BCUT2D eigenvalue weighted by Gasteiger charge is 2.06. The maximum atomic E-state index is 11.6. The quantitative estimate of drug-likeness (QED) is 0.797. The standard InChI is InChI=1S/C14H18N2O2/c1-2-3-4-7-10-18-14-12-9-6-5-8-11(12)13(17)15-16-14/h5-6,8-9H,2-4,7,10H2,1H3,(H,15,17). The Balaban J connectivity index is 2.09.